The minimum absolute atomic E-state index is 0.0512. The van der Waals surface area contributed by atoms with Gasteiger partial charge in [-0.25, -0.2) is 0 Å². The van der Waals surface area contributed by atoms with E-state index in [0.29, 0.717) is 25.4 Å². The Balaban J connectivity index is 1.54. The SMILES string of the molecule is CC(C)(C)c1cc(CN(Cc2cccc(-c3ccccc3)n2)Cc2cccc(-c3ccccc3)n2)c(O)c(C(C)(C)C)c1. The number of hydrogen-bond acceptors (Lipinski definition) is 4. The lowest BCUT2D eigenvalue weighted by molar-refractivity contribution is 0.238. The summed E-state index contributed by atoms with van der Waals surface area (Å²) in [6.07, 6.45) is 0. The maximum atomic E-state index is 11.6. The molecule has 0 saturated carbocycles. The maximum Gasteiger partial charge on any atom is 0.123 e. The molecule has 5 rings (SSSR count). The van der Waals surface area contributed by atoms with Crippen LogP contribution in [0.15, 0.2) is 109 Å². The molecule has 0 amide bonds. The van der Waals surface area contributed by atoms with Crippen LogP contribution in [0.2, 0.25) is 0 Å². The second kappa shape index (κ2) is 12.5. The van der Waals surface area contributed by atoms with Crippen LogP contribution in [-0.4, -0.2) is 20.0 Å². The fourth-order valence-electron chi connectivity index (χ4n) is 5.36. The second-order valence-corrected chi connectivity index (χ2v) is 13.4. The van der Waals surface area contributed by atoms with E-state index >= 15 is 0 Å². The smallest absolute Gasteiger partial charge is 0.123 e. The zero-order valence-electron chi connectivity index (χ0n) is 26.3. The van der Waals surface area contributed by atoms with Crippen LogP contribution < -0.4 is 0 Å². The van der Waals surface area contributed by atoms with E-state index in [0.717, 1.165) is 45.0 Å². The van der Waals surface area contributed by atoms with Gasteiger partial charge in [0.1, 0.15) is 5.75 Å². The standard InChI is InChI=1S/C39H43N3O/c1-38(2,3)31-23-30(37(43)34(24-31)39(4,5)6)25-42(26-32-19-13-21-35(40-32)28-15-9-7-10-16-28)27-33-20-14-22-36(41-33)29-17-11-8-12-18-29/h7-24,43H,25-27H2,1-6H3. The first-order chi connectivity index (χ1) is 20.5. The average molecular weight is 570 g/mol. The molecule has 0 fully saturated rings. The minimum Gasteiger partial charge on any atom is -0.507 e. The summed E-state index contributed by atoms with van der Waals surface area (Å²) in [6, 6.07) is 37.4. The van der Waals surface area contributed by atoms with Crippen molar-refractivity contribution in [3.05, 3.63) is 137 Å². The van der Waals surface area contributed by atoms with E-state index in [-0.39, 0.29) is 10.8 Å². The Morgan fingerprint density at radius 3 is 1.49 bits per heavy atom. The Morgan fingerprint density at radius 2 is 1.05 bits per heavy atom. The maximum absolute atomic E-state index is 11.6. The zero-order chi connectivity index (χ0) is 30.6. The topological polar surface area (TPSA) is 49.2 Å². The lowest BCUT2D eigenvalue weighted by Crippen LogP contribution is -2.25. The van der Waals surface area contributed by atoms with Crippen molar-refractivity contribution in [2.45, 2.75) is 72.0 Å². The third kappa shape index (κ3) is 7.57. The van der Waals surface area contributed by atoms with Crippen molar-refractivity contribution in [2.24, 2.45) is 0 Å². The van der Waals surface area contributed by atoms with E-state index in [1.807, 2.05) is 36.4 Å². The first kappa shape index (κ1) is 30.2. The number of rotatable bonds is 8. The predicted octanol–water partition coefficient (Wildman–Crippen LogP) is 9.31. The first-order valence-corrected chi connectivity index (χ1v) is 15.1. The van der Waals surface area contributed by atoms with Gasteiger partial charge in [-0.15, -0.1) is 0 Å². The van der Waals surface area contributed by atoms with E-state index in [9.17, 15) is 5.11 Å². The van der Waals surface area contributed by atoms with Crippen LogP contribution in [0.5, 0.6) is 5.75 Å². The molecule has 5 aromatic rings. The molecule has 0 saturated heterocycles. The van der Waals surface area contributed by atoms with Gasteiger partial charge in [0, 0.05) is 36.3 Å². The molecule has 2 aromatic heterocycles. The van der Waals surface area contributed by atoms with E-state index in [1.165, 1.54) is 5.56 Å². The summed E-state index contributed by atoms with van der Waals surface area (Å²) in [5.74, 6) is 0.377. The molecular formula is C39H43N3O. The number of phenolic OH excluding ortho intramolecular Hbond substituents is 1. The van der Waals surface area contributed by atoms with Crippen molar-refractivity contribution in [1.29, 1.82) is 0 Å². The monoisotopic (exact) mass is 569 g/mol. The third-order valence-electron chi connectivity index (χ3n) is 7.78. The molecule has 1 N–H and O–H groups in total. The summed E-state index contributed by atoms with van der Waals surface area (Å²) in [5.41, 5.74) is 8.93. The van der Waals surface area contributed by atoms with Crippen LogP contribution >= 0.6 is 0 Å². The van der Waals surface area contributed by atoms with Gasteiger partial charge in [-0.3, -0.25) is 14.9 Å². The Bertz CT molecular complexity index is 1580. The molecule has 4 nitrogen and oxygen atoms in total. The van der Waals surface area contributed by atoms with Crippen molar-refractivity contribution in [3.63, 3.8) is 0 Å². The lowest BCUT2D eigenvalue weighted by atomic mass is 9.79. The van der Waals surface area contributed by atoms with Crippen molar-refractivity contribution >= 4 is 0 Å². The van der Waals surface area contributed by atoms with Gasteiger partial charge >= 0.3 is 0 Å². The van der Waals surface area contributed by atoms with Crippen LogP contribution in [0.25, 0.3) is 22.5 Å². The Hall–Kier alpha value is -4.28. The highest BCUT2D eigenvalue weighted by Gasteiger charge is 2.26. The number of benzene rings is 3. The fraction of sp³-hybridized carbons (Fsp3) is 0.282. The van der Waals surface area contributed by atoms with Crippen molar-refractivity contribution < 1.29 is 5.11 Å². The molecule has 220 valence electrons. The molecule has 4 heteroatoms. The third-order valence-corrected chi connectivity index (χ3v) is 7.78. The van der Waals surface area contributed by atoms with Crippen molar-refractivity contribution in [1.82, 2.24) is 14.9 Å². The molecule has 0 aliphatic heterocycles. The molecular weight excluding hydrogens is 526 g/mol. The molecule has 0 bridgehead atoms. The van der Waals surface area contributed by atoms with Crippen molar-refractivity contribution in [3.8, 4) is 28.3 Å². The van der Waals surface area contributed by atoms with Crippen LogP contribution in [0.3, 0.4) is 0 Å². The quantitative estimate of drug-likeness (QED) is 0.202. The highest BCUT2D eigenvalue weighted by molar-refractivity contribution is 5.59. The predicted molar refractivity (Wildman–Crippen MR) is 178 cm³/mol. The normalized spacial score (nSPS) is 12.1. The van der Waals surface area contributed by atoms with Crippen LogP contribution in [0.1, 0.15) is 69.6 Å². The zero-order valence-corrected chi connectivity index (χ0v) is 26.3. The van der Waals surface area contributed by atoms with E-state index in [2.05, 4.69) is 119 Å². The Kier molecular flexibility index (Phi) is 8.79. The highest BCUT2D eigenvalue weighted by Crippen LogP contribution is 2.38. The summed E-state index contributed by atoms with van der Waals surface area (Å²) >= 11 is 0. The molecule has 0 atom stereocenters. The summed E-state index contributed by atoms with van der Waals surface area (Å²) < 4.78 is 0. The van der Waals surface area contributed by atoms with Gasteiger partial charge in [0.2, 0.25) is 0 Å². The molecule has 0 radical (unpaired) electrons. The van der Waals surface area contributed by atoms with Crippen molar-refractivity contribution in [2.75, 3.05) is 0 Å². The highest BCUT2D eigenvalue weighted by atomic mass is 16.3. The number of pyridine rings is 2. The van der Waals surface area contributed by atoms with Crippen LogP contribution in [0.4, 0.5) is 0 Å². The van der Waals surface area contributed by atoms with Crippen LogP contribution in [-0.2, 0) is 30.5 Å². The number of phenols is 1. The first-order valence-electron chi connectivity index (χ1n) is 15.1. The van der Waals surface area contributed by atoms with E-state index < -0.39 is 0 Å². The van der Waals surface area contributed by atoms with Gasteiger partial charge in [-0.1, -0.05) is 126 Å². The second-order valence-electron chi connectivity index (χ2n) is 13.4. The lowest BCUT2D eigenvalue weighted by Gasteiger charge is -2.29. The summed E-state index contributed by atoms with van der Waals surface area (Å²) in [5, 5.41) is 11.6. The summed E-state index contributed by atoms with van der Waals surface area (Å²) in [7, 11) is 0. The van der Waals surface area contributed by atoms with Gasteiger partial charge in [-0.05, 0) is 46.2 Å². The largest absolute Gasteiger partial charge is 0.507 e. The molecule has 0 spiro atoms. The summed E-state index contributed by atoms with van der Waals surface area (Å²) in [6.45, 7) is 15.0. The van der Waals surface area contributed by atoms with E-state index in [1.54, 1.807) is 0 Å². The molecule has 0 unspecified atom stereocenters. The molecule has 0 aliphatic rings. The van der Waals surface area contributed by atoms with Gasteiger partial charge in [0.25, 0.3) is 0 Å². The average Bonchev–Trinajstić information content (AvgIpc) is 2.98. The van der Waals surface area contributed by atoms with Crippen LogP contribution in [0, 0.1) is 0 Å². The molecule has 43 heavy (non-hydrogen) atoms. The number of nitrogens with zero attached hydrogens (tertiary/aromatic N) is 3. The number of hydrogen-bond donors (Lipinski definition) is 1. The molecule has 3 aromatic carbocycles. The van der Waals surface area contributed by atoms with E-state index in [4.69, 9.17) is 9.97 Å². The Morgan fingerprint density at radius 1 is 0.558 bits per heavy atom. The molecule has 0 aliphatic carbocycles. The fourth-order valence-corrected chi connectivity index (χ4v) is 5.36. The minimum atomic E-state index is -0.192. The molecule has 2 heterocycles. The van der Waals surface area contributed by atoms with Gasteiger partial charge < -0.3 is 5.11 Å². The Labute approximate surface area is 257 Å². The summed E-state index contributed by atoms with van der Waals surface area (Å²) in [4.78, 5) is 12.4. The number of aromatic nitrogens is 2. The van der Waals surface area contributed by atoms with Gasteiger partial charge in [-0.2, -0.15) is 0 Å². The van der Waals surface area contributed by atoms with Gasteiger partial charge in [0.15, 0.2) is 0 Å². The number of aromatic hydroxyl groups is 1. The van der Waals surface area contributed by atoms with Gasteiger partial charge in [0.05, 0.1) is 22.8 Å².